The molecule has 1 aliphatic carbocycles. The van der Waals surface area contributed by atoms with Gasteiger partial charge in [-0.2, -0.15) is 0 Å². The molecule has 28 heavy (non-hydrogen) atoms. The first-order valence-electron chi connectivity index (χ1n) is 9.87. The van der Waals surface area contributed by atoms with Gasteiger partial charge in [-0.25, -0.2) is 4.79 Å². The van der Waals surface area contributed by atoms with Crippen molar-refractivity contribution < 1.29 is 34.1 Å². The van der Waals surface area contributed by atoms with E-state index in [-0.39, 0.29) is 36.1 Å². The Morgan fingerprint density at radius 1 is 1.29 bits per heavy atom. The summed E-state index contributed by atoms with van der Waals surface area (Å²) in [5.41, 5.74) is 0.593. The first-order valence-corrected chi connectivity index (χ1v) is 9.87. The number of carboxylic acid groups (broad SMARTS) is 1. The van der Waals surface area contributed by atoms with Crippen LogP contribution in [0, 0.1) is 11.8 Å². The van der Waals surface area contributed by atoms with Crippen LogP contribution in [-0.2, 0) is 23.9 Å². The van der Waals surface area contributed by atoms with E-state index in [0.717, 1.165) is 12.8 Å². The summed E-state index contributed by atoms with van der Waals surface area (Å²) in [4.78, 5) is 39.8. The standard InChI is InChI=1S/C19H26N2O7/c1-10(22)14-16-11-3-2-4-12(15(11)17(19(25)26)21(16)18(14)24)28-9-13(23)20-5-7-27-8-6-20/h10-12,14,16,22H,2-9H2,1H3,(H,25,26)/t10-,11+,12+,14-,16-/m1/s1. The van der Waals surface area contributed by atoms with Crippen LogP contribution in [0.3, 0.4) is 0 Å². The van der Waals surface area contributed by atoms with Crippen LogP contribution in [0.4, 0.5) is 0 Å². The Labute approximate surface area is 162 Å². The molecule has 3 fully saturated rings. The van der Waals surface area contributed by atoms with Crippen LogP contribution in [0.15, 0.2) is 11.3 Å². The van der Waals surface area contributed by atoms with Gasteiger partial charge in [-0.05, 0) is 31.8 Å². The molecule has 154 valence electrons. The lowest BCUT2D eigenvalue weighted by molar-refractivity contribution is -0.163. The minimum Gasteiger partial charge on any atom is -0.477 e. The number of rotatable bonds is 5. The maximum absolute atomic E-state index is 12.5. The summed E-state index contributed by atoms with van der Waals surface area (Å²) >= 11 is 0. The number of aliphatic hydroxyl groups excluding tert-OH is 1. The molecule has 2 N–H and O–H groups in total. The second kappa shape index (κ2) is 7.46. The van der Waals surface area contributed by atoms with Crippen molar-refractivity contribution in [1.29, 1.82) is 0 Å². The molecule has 1 saturated carbocycles. The fourth-order valence-corrected chi connectivity index (χ4v) is 5.08. The first kappa shape index (κ1) is 19.4. The maximum atomic E-state index is 12.5. The van der Waals surface area contributed by atoms with Crippen molar-refractivity contribution in [2.75, 3.05) is 32.9 Å². The number of carbonyl (C=O) groups is 3. The van der Waals surface area contributed by atoms with Crippen molar-refractivity contribution in [2.24, 2.45) is 11.8 Å². The van der Waals surface area contributed by atoms with Crippen molar-refractivity contribution in [3.63, 3.8) is 0 Å². The van der Waals surface area contributed by atoms with E-state index in [2.05, 4.69) is 0 Å². The molecule has 3 heterocycles. The van der Waals surface area contributed by atoms with E-state index < -0.39 is 24.1 Å². The van der Waals surface area contributed by atoms with Gasteiger partial charge in [-0.3, -0.25) is 9.59 Å². The molecule has 2 amide bonds. The zero-order chi connectivity index (χ0) is 20.0. The molecule has 5 atom stereocenters. The van der Waals surface area contributed by atoms with Crippen LogP contribution in [0.25, 0.3) is 0 Å². The molecule has 9 heteroatoms. The highest BCUT2D eigenvalue weighted by Gasteiger charge is 2.62. The highest BCUT2D eigenvalue weighted by Crippen LogP contribution is 2.52. The molecule has 0 bridgehead atoms. The van der Waals surface area contributed by atoms with Gasteiger partial charge >= 0.3 is 5.97 Å². The zero-order valence-electron chi connectivity index (χ0n) is 15.9. The van der Waals surface area contributed by atoms with Crippen LogP contribution in [0.2, 0.25) is 0 Å². The van der Waals surface area contributed by atoms with Crippen molar-refractivity contribution >= 4 is 17.8 Å². The van der Waals surface area contributed by atoms with Crippen LogP contribution in [0.5, 0.6) is 0 Å². The fraction of sp³-hybridized carbons (Fsp3) is 0.737. The number of nitrogens with zero attached hydrogens (tertiary/aromatic N) is 2. The zero-order valence-corrected chi connectivity index (χ0v) is 15.9. The predicted molar refractivity (Wildman–Crippen MR) is 94.9 cm³/mol. The van der Waals surface area contributed by atoms with E-state index in [1.54, 1.807) is 11.8 Å². The monoisotopic (exact) mass is 394 g/mol. The number of ether oxygens (including phenoxy) is 2. The second-order valence-electron chi connectivity index (χ2n) is 7.90. The van der Waals surface area contributed by atoms with Gasteiger partial charge in [-0.15, -0.1) is 0 Å². The topological polar surface area (TPSA) is 117 Å². The Kier molecular flexibility index (Phi) is 5.15. The Morgan fingerprint density at radius 2 is 2.00 bits per heavy atom. The van der Waals surface area contributed by atoms with Crippen LogP contribution >= 0.6 is 0 Å². The van der Waals surface area contributed by atoms with Gasteiger partial charge < -0.3 is 29.5 Å². The summed E-state index contributed by atoms with van der Waals surface area (Å²) in [5.74, 6) is -2.36. The Hall–Kier alpha value is -1.97. The molecule has 0 spiro atoms. The molecule has 2 saturated heterocycles. The molecule has 0 aromatic heterocycles. The average molecular weight is 394 g/mol. The van der Waals surface area contributed by atoms with Crippen molar-refractivity contribution in [3.8, 4) is 0 Å². The Balaban J connectivity index is 1.53. The van der Waals surface area contributed by atoms with Gasteiger partial charge in [0.1, 0.15) is 12.3 Å². The molecule has 0 radical (unpaired) electrons. The molecular formula is C19H26N2O7. The summed E-state index contributed by atoms with van der Waals surface area (Å²) in [6.07, 6.45) is 0.867. The minimum absolute atomic E-state index is 0.0135. The minimum atomic E-state index is -1.16. The smallest absolute Gasteiger partial charge is 0.352 e. The number of morpholine rings is 1. The number of β-lactam (4-membered cyclic amide) rings is 1. The highest BCUT2D eigenvalue weighted by atomic mass is 16.5. The maximum Gasteiger partial charge on any atom is 0.352 e. The number of fused-ring (bicyclic) bond motifs is 3. The molecule has 0 aromatic carbocycles. The van der Waals surface area contributed by atoms with Crippen molar-refractivity contribution in [3.05, 3.63) is 11.3 Å². The van der Waals surface area contributed by atoms with Gasteiger partial charge in [0.25, 0.3) is 0 Å². The Bertz CT molecular complexity index is 713. The van der Waals surface area contributed by atoms with Gasteiger partial charge in [-0.1, -0.05) is 0 Å². The van der Waals surface area contributed by atoms with Gasteiger partial charge in [0.05, 0.1) is 37.4 Å². The number of hydrogen-bond acceptors (Lipinski definition) is 6. The third kappa shape index (κ3) is 3.01. The molecule has 0 aromatic rings. The van der Waals surface area contributed by atoms with Crippen molar-refractivity contribution in [2.45, 2.75) is 44.4 Å². The SMILES string of the molecule is C[C@@H](O)[C@H]1C(=O)N2C(C(=O)O)=C3[C@@H](OCC(=O)N4CCOCC4)CCC[C@@H]3[C@H]12. The van der Waals surface area contributed by atoms with Gasteiger partial charge in [0.2, 0.25) is 11.8 Å². The quantitative estimate of drug-likeness (QED) is 0.609. The lowest BCUT2D eigenvalue weighted by Gasteiger charge is -2.47. The number of carboxylic acids is 1. The molecule has 9 nitrogen and oxygen atoms in total. The average Bonchev–Trinajstić information content (AvgIpc) is 2.97. The normalized spacial score (nSPS) is 33.3. The Morgan fingerprint density at radius 3 is 2.64 bits per heavy atom. The fourth-order valence-electron chi connectivity index (χ4n) is 5.08. The molecule has 4 rings (SSSR count). The first-order chi connectivity index (χ1) is 13.4. The number of aliphatic hydroxyl groups is 1. The van der Waals surface area contributed by atoms with E-state index in [9.17, 15) is 24.6 Å². The van der Waals surface area contributed by atoms with Crippen LogP contribution in [-0.4, -0.2) is 89.0 Å². The van der Waals surface area contributed by atoms with E-state index in [0.29, 0.717) is 38.3 Å². The van der Waals surface area contributed by atoms with Gasteiger partial charge in [0, 0.05) is 19.0 Å². The van der Waals surface area contributed by atoms with Crippen LogP contribution < -0.4 is 0 Å². The van der Waals surface area contributed by atoms with Gasteiger partial charge in [0.15, 0.2) is 0 Å². The van der Waals surface area contributed by atoms with E-state index in [4.69, 9.17) is 9.47 Å². The number of aliphatic carboxylic acids is 1. The summed E-state index contributed by atoms with van der Waals surface area (Å²) in [5, 5.41) is 19.7. The molecule has 4 aliphatic rings. The van der Waals surface area contributed by atoms with Crippen LogP contribution in [0.1, 0.15) is 26.2 Å². The molecule has 0 unspecified atom stereocenters. The summed E-state index contributed by atoms with van der Waals surface area (Å²) in [6.45, 7) is 3.51. The largest absolute Gasteiger partial charge is 0.477 e. The van der Waals surface area contributed by atoms with E-state index in [1.807, 2.05) is 0 Å². The summed E-state index contributed by atoms with van der Waals surface area (Å²) in [7, 11) is 0. The molecule has 3 aliphatic heterocycles. The summed E-state index contributed by atoms with van der Waals surface area (Å²) in [6, 6.07) is -0.324. The number of amides is 2. The highest BCUT2D eigenvalue weighted by molar-refractivity contribution is 6.00. The lowest BCUT2D eigenvalue weighted by atomic mass is 9.71. The third-order valence-corrected chi connectivity index (χ3v) is 6.34. The predicted octanol–water partition coefficient (Wildman–Crippen LogP) is -0.409. The number of carbonyl (C=O) groups excluding carboxylic acids is 2. The van der Waals surface area contributed by atoms with Crippen molar-refractivity contribution in [1.82, 2.24) is 9.80 Å². The molecular weight excluding hydrogens is 368 g/mol. The van der Waals surface area contributed by atoms with E-state index >= 15 is 0 Å². The van der Waals surface area contributed by atoms with E-state index in [1.165, 1.54) is 4.90 Å². The second-order valence-corrected chi connectivity index (χ2v) is 7.90. The summed E-state index contributed by atoms with van der Waals surface area (Å²) < 4.78 is 11.1. The lowest BCUT2D eigenvalue weighted by Crippen LogP contribution is -2.64. The third-order valence-electron chi connectivity index (χ3n) is 6.34. The number of hydrogen-bond donors (Lipinski definition) is 2.